The molecule has 31 heavy (non-hydrogen) atoms. The Bertz CT molecular complexity index is 1140. The Labute approximate surface area is 189 Å². The summed E-state index contributed by atoms with van der Waals surface area (Å²) in [4.78, 5) is 20.8. The fraction of sp³-hybridized carbons (Fsp3) is 0.304. The molecule has 1 N–H and O–H groups in total. The van der Waals surface area contributed by atoms with Crippen molar-refractivity contribution in [2.75, 3.05) is 26.2 Å². The van der Waals surface area contributed by atoms with E-state index in [1.165, 1.54) is 11.3 Å². The van der Waals surface area contributed by atoms with Crippen LogP contribution in [0.3, 0.4) is 0 Å². The van der Waals surface area contributed by atoms with Crippen LogP contribution < -0.4 is 14.8 Å². The topological polar surface area (TPSA) is 63.7 Å². The minimum Gasteiger partial charge on any atom is -0.454 e. The zero-order chi connectivity index (χ0) is 21.6. The lowest BCUT2D eigenvalue weighted by molar-refractivity contribution is -0.118. The summed E-state index contributed by atoms with van der Waals surface area (Å²) >= 11 is 7.69. The van der Waals surface area contributed by atoms with Gasteiger partial charge in [0.25, 0.3) is 0 Å². The number of ether oxygens (including phenoxy) is 2. The number of thiazole rings is 1. The summed E-state index contributed by atoms with van der Waals surface area (Å²) in [5.41, 5.74) is 1.51. The number of halogens is 1. The van der Waals surface area contributed by atoms with Gasteiger partial charge in [0.05, 0.1) is 11.5 Å². The van der Waals surface area contributed by atoms with Gasteiger partial charge in [0.1, 0.15) is 0 Å². The first-order chi connectivity index (χ1) is 15.0. The predicted octanol–water partition coefficient (Wildman–Crippen LogP) is 4.85. The second-order valence-corrected chi connectivity index (χ2v) is 9.59. The molecule has 8 heteroatoms. The van der Waals surface area contributed by atoms with Crippen LogP contribution in [0.1, 0.15) is 34.9 Å². The molecule has 2 heterocycles. The van der Waals surface area contributed by atoms with Gasteiger partial charge in [-0.05, 0) is 62.3 Å². The molecule has 1 amide bonds. The molecule has 1 aromatic heterocycles. The van der Waals surface area contributed by atoms with Gasteiger partial charge in [0.15, 0.2) is 16.6 Å². The molecule has 3 aromatic rings. The zero-order valence-corrected chi connectivity index (χ0v) is 18.8. The molecule has 6 nitrogen and oxygen atoms in total. The van der Waals surface area contributed by atoms with Crippen molar-refractivity contribution in [3.63, 3.8) is 0 Å². The normalized spacial score (nSPS) is 16.9. The van der Waals surface area contributed by atoms with Crippen LogP contribution in [-0.4, -0.2) is 36.7 Å². The molecule has 5 rings (SSSR count). The summed E-state index contributed by atoms with van der Waals surface area (Å²) in [6.45, 7) is 0.222. The Hall–Kier alpha value is -2.61. The van der Waals surface area contributed by atoms with E-state index < -0.39 is 5.41 Å². The van der Waals surface area contributed by atoms with Crippen molar-refractivity contribution < 1.29 is 14.3 Å². The molecule has 0 bridgehead atoms. The predicted molar refractivity (Wildman–Crippen MR) is 121 cm³/mol. The summed E-state index contributed by atoms with van der Waals surface area (Å²) in [5.74, 6) is 1.39. The van der Waals surface area contributed by atoms with Crippen molar-refractivity contribution in [3.05, 3.63) is 69.7 Å². The second kappa shape index (κ2) is 7.82. The van der Waals surface area contributed by atoms with Crippen molar-refractivity contribution in [1.29, 1.82) is 0 Å². The van der Waals surface area contributed by atoms with Gasteiger partial charge in [-0.25, -0.2) is 4.98 Å². The third kappa shape index (κ3) is 3.78. The van der Waals surface area contributed by atoms with E-state index in [9.17, 15) is 4.79 Å². The van der Waals surface area contributed by atoms with Crippen LogP contribution in [0.4, 0.5) is 5.13 Å². The van der Waals surface area contributed by atoms with Crippen LogP contribution in [-0.2, 0) is 10.2 Å². The first-order valence-electron chi connectivity index (χ1n) is 10.1. The quantitative estimate of drug-likeness (QED) is 0.575. The van der Waals surface area contributed by atoms with E-state index in [1.54, 1.807) is 0 Å². The lowest BCUT2D eigenvalue weighted by Gasteiger charge is -2.23. The summed E-state index contributed by atoms with van der Waals surface area (Å²) in [6.07, 6.45) is 3.44. The first-order valence-corrected chi connectivity index (χ1v) is 11.2. The number of nitrogens with zero attached hydrogens (tertiary/aromatic N) is 2. The molecule has 1 fully saturated rings. The van der Waals surface area contributed by atoms with E-state index in [0.29, 0.717) is 15.9 Å². The van der Waals surface area contributed by atoms with Crippen molar-refractivity contribution in [3.8, 4) is 11.5 Å². The molecular formula is C23H22ClN3O3S. The minimum absolute atomic E-state index is 0.00518. The van der Waals surface area contributed by atoms with Crippen LogP contribution in [0.5, 0.6) is 11.5 Å². The summed E-state index contributed by atoms with van der Waals surface area (Å²) < 4.78 is 10.9. The van der Waals surface area contributed by atoms with E-state index in [-0.39, 0.29) is 18.7 Å². The highest BCUT2D eigenvalue weighted by molar-refractivity contribution is 7.15. The molecule has 1 atom stereocenters. The molecule has 1 saturated carbocycles. The van der Waals surface area contributed by atoms with Crippen molar-refractivity contribution in [1.82, 2.24) is 9.88 Å². The SMILES string of the molecule is CN(C)C(c1cccc(Cl)c1)c1cnc(NC(=O)C2(c3ccc4c(c3)OCO4)CC2)s1. The van der Waals surface area contributed by atoms with Gasteiger partial charge in [0.2, 0.25) is 12.7 Å². The van der Waals surface area contributed by atoms with Gasteiger partial charge in [0, 0.05) is 16.1 Å². The van der Waals surface area contributed by atoms with Crippen molar-refractivity contribution in [2.45, 2.75) is 24.3 Å². The van der Waals surface area contributed by atoms with E-state index in [1.807, 2.05) is 62.8 Å². The molecule has 1 aliphatic carbocycles. The van der Waals surface area contributed by atoms with Gasteiger partial charge < -0.3 is 14.8 Å². The lowest BCUT2D eigenvalue weighted by atomic mass is 9.94. The van der Waals surface area contributed by atoms with Crippen LogP contribution in [0.15, 0.2) is 48.7 Å². The largest absolute Gasteiger partial charge is 0.454 e. The van der Waals surface area contributed by atoms with Gasteiger partial charge >= 0.3 is 0 Å². The maximum Gasteiger partial charge on any atom is 0.236 e. The highest BCUT2D eigenvalue weighted by Crippen LogP contribution is 2.51. The average molecular weight is 456 g/mol. The standard InChI is InChI=1S/C23H22ClN3O3S/c1-27(2)20(14-4-3-5-16(24)10-14)19-12-25-22(31-19)26-21(28)23(8-9-23)15-6-7-17-18(11-15)30-13-29-17/h3-7,10-12,20H,8-9,13H2,1-2H3,(H,25,26,28). The number of fused-ring (bicyclic) bond motifs is 1. The van der Waals surface area contributed by atoms with Gasteiger partial charge in [-0.3, -0.25) is 9.69 Å². The Kier molecular flexibility index (Phi) is 5.12. The number of hydrogen-bond acceptors (Lipinski definition) is 6. The number of carbonyl (C=O) groups is 1. The van der Waals surface area contributed by atoms with Gasteiger partial charge in [-0.15, -0.1) is 0 Å². The highest BCUT2D eigenvalue weighted by Gasteiger charge is 2.52. The molecule has 0 radical (unpaired) electrons. The van der Waals surface area contributed by atoms with Gasteiger partial charge in [-0.1, -0.05) is 41.1 Å². The Morgan fingerprint density at radius 2 is 2.00 bits per heavy atom. The van der Waals surface area contributed by atoms with E-state index in [0.717, 1.165) is 34.6 Å². The second-order valence-electron chi connectivity index (χ2n) is 8.09. The third-order valence-corrected chi connectivity index (χ3v) is 7.00. The fourth-order valence-electron chi connectivity index (χ4n) is 4.05. The smallest absolute Gasteiger partial charge is 0.236 e. The van der Waals surface area contributed by atoms with Crippen LogP contribution >= 0.6 is 22.9 Å². The molecule has 160 valence electrons. The van der Waals surface area contributed by atoms with Crippen LogP contribution in [0.25, 0.3) is 0 Å². The summed E-state index contributed by atoms with van der Waals surface area (Å²) in [5, 5.41) is 4.33. The Balaban J connectivity index is 1.36. The van der Waals surface area contributed by atoms with Gasteiger partial charge in [-0.2, -0.15) is 0 Å². The number of benzene rings is 2. The summed E-state index contributed by atoms with van der Waals surface area (Å²) in [6, 6.07) is 13.6. The summed E-state index contributed by atoms with van der Waals surface area (Å²) in [7, 11) is 4.03. The number of rotatable bonds is 6. The number of amides is 1. The number of carbonyl (C=O) groups excluding carboxylic acids is 1. The highest BCUT2D eigenvalue weighted by atomic mass is 35.5. The number of nitrogens with one attached hydrogen (secondary N) is 1. The molecule has 1 unspecified atom stereocenters. The maximum absolute atomic E-state index is 13.2. The lowest BCUT2D eigenvalue weighted by Crippen LogP contribution is -2.27. The maximum atomic E-state index is 13.2. The molecule has 1 aliphatic heterocycles. The molecule has 0 spiro atoms. The first kappa shape index (κ1) is 20.3. The van der Waals surface area contributed by atoms with Crippen molar-refractivity contribution in [2.24, 2.45) is 0 Å². The third-order valence-electron chi connectivity index (χ3n) is 5.80. The number of aromatic nitrogens is 1. The minimum atomic E-state index is -0.527. The van der Waals surface area contributed by atoms with Crippen LogP contribution in [0.2, 0.25) is 5.02 Å². The number of hydrogen-bond donors (Lipinski definition) is 1. The van der Waals surface area contributed by atoms with Crippen LogP contribution in [0, 0.1) is 0 Å². The fourth-order valence-corrected chi connectivity index (χ4v) is 5.28. The van der Waals surface area contributed by atoms with Crippen molar-refractivity contribution >= 4 is 34.0 Å². The molecular weight excluding hydrogens is 434 g/mol. The van der Waals surface area contributed by atoms with E-state index >= 15 is 0 Å². The number of anilines is 1. The van der Waals surface area contributed by atoms with E-state index in [4.69, 9.17) is 21.1 Å². The Morgan fingerprint density at radius 3 is 2.74 bits per heavy atom. The molecule has 0 saturated heterocycles. The molecule has 2 aromatic carbocycles. The Morgan fingerprint density at radius 1 is 1.19 bits per heavy atom. The average Bonchev–Trinajstić information content (AvgIpc) is 3.21. The monoisotopic (exact) mass is 455 g/mol. The van der Waals surface area contributed by atoms with E-state index in [2.05, 4.69) is 15.2 Å². The zero-order valence-electron chi connectivity index (χ0n) is 17.2. The molecule has 2 aliphatic rings.